The van der Waals surface area contributed by atoms with Crippen molar-refractivity contribution in [3.8, 4) is 11.3 Å². The third-order valence-corrected chi connectivity index (χ3v) is 4.34. The first-order chi connectivity index (χ1) is 9.72. The van der Waals surface area contributed by atoms with Crippen molar-refractivity contribution in [2.45, 2.75) is 0 Å². The van der Waals surface area contributed by atoms with Gasteiger partial charge in [-0.25, -0.2) is 4.98 Å². The third-order valence-electron chi connectivity index (χ3n) is 2.65. The summed E-state index contributed by atoms with van der Waals surface area (Å²) in [5, 5.41) is 9.66. The number of hydrogen-bond donors (Lipinski definition) is 1. The summed E-state index contributed by atoms with van der Waals surface area (Å²) >= 11 is 8.75. The second kappa shape index (κ2) is 5.75. The van der Waals surface area contributed by atoms with Crippen LogP contribution in [0.2, 0.25) is 5.02 Å². The number of anilines is 1. The van der Waals surface area contributed by atoms with Gasteiger partial charge in [0.15, 0.2) is 5.13 Å². The fraction of sp³-hybridized carbons (Fsp3) is 0. The highest BCUT2D eigenvalue weighted by molar-refractivity contribution is 7.14. The molecule has 1 amide bonds. The highest BCUT2D eigenvalue weighted by Gasteiger charge is 2.10. The molecule has 0 atom stereocenters. The van der Waals surface area contributed by atoms with Gasteiger partial charge in [-0.3, -0.25) is 10.1 Å². The number of thiazole rings is 1. The van der Waals surface area contributed by atoms with E-state index in [1.807, 2.05) is 40.4 Å². The lowest BCUT2D eigenvalue weighted by molar-refractivity contribution is 0.102. The van der Waals surface area contributed by atoms with E-state index >= 15 is 0 Å². The lowest BCUT2D eigenvalue weighted by Gasteiger charge is -1.99. The van der Waals surface area contributed by atoms with Crippen LogP contribution in [0.5, 0.6) is 0 Å². The molecular formula is C14H9ClN2OS2. The van der Waals surface area contributed by atoms with Crippen molar-refractivity contribution >= 4 is 45.3 Å². The van der Waals surface area contributed by atoms with Gasteiger partial charge < -0.3 is 0 Å². The quantitative estimate of drug-likeness (QED) is 0.754. The number of halogens is 1. The maximum absolute atomic E-state index is 11.9. The van der Waals surface area contributed by atoms with Crippen molar-refractivity contribution in [2.75, 3.05) is 5.32 Å². The summed E-state index contributed by atoms with van der Waals surface area (Å²) in [6, 6.07) is 9.23. The van der Waals surface area contributed by atoms with E-state index in [-0.39, 0.29) is 5.91 Å². The Morgan fingerprint density at radius 3 is 2.65 bits per heavy atom. The van der Waals surface area contributed by atoms with Crippen molar-refractivity contribution in [2.24, 2.45) is 0 Å². The van der Waals surface area contributed by atoms with Crippen LogP contribution < -0.4 is 5.32 Å². The normalized spacial score (nSPS) is 10.4. The van der Waals surface area contributed by atoms with Crippen molar-refractivity contribution in [1.29, 1.82) is 0 Å². The molecule has 0 bridgehead atoms. The van der Waals surface area contributed by atoms with Crippen LogP contribution in [0.15, 0.2) is 46.5 Å². The molecule has 0 spiro atoms. The molecule has 1 aromatic carbocycles. The molecule has 0 saturated heterocycles. The zero-order valence-corrected chi connectivity index (χ0v) is 12.6. The highest BCUT2D eigenvalue weighted by Crippen LogP contribution is 2.26. The minimum Gasteiger partial charge on any atom is -0.298 e. The van der Waals surface area contributed by atoms with Crippen LogP contribution in [0.1, 0.15) is 10.4 Å². The lowest BCUT2D eigenvalue weighted by atomic mass is 10.2. The fourth-order valence-electron chi connectivity index (χ4n) is 1.65. The molecule has 0 aliphatic carbocycles. The van der Waals surface area contributed by atoms with Crippen molar-refractivity contribution in [3.05, 3.63) is 57.1 Å². The second-order valence-electron chi connectivity index (χ2n) is 4.01. The Bertz CT molecular complexity index is 720. The Labute approximate surface area is 128 Å². The first kappa shape index (κ1) is 13.3. The summed E-state index contributed by atoms with van der Waals surface area (Å²) in [5.41, 5.74) is 2.45. The minimum absolute atomic E-state index is 0.136. The summed E-state index contributed by atoms with van der Waals surface area (Å²) in [7, 11) is 0. The van der Waals surface area contributed by atoms with Gasteiger partial charge in [0.25, 0.3) is 5.91 Å². The van der Waals surface area contributed by atoms with Gasteiger partial charge in [0.2, 0.25) is 0 Å². The fourth-order valence-corrected chi connectivity index (χ4v) is 3.12. The number of nitrogens with zero attached hydrogens (tertiary/aromatic N) is 1. The Hall–Kier alpha value is -1.69. The molecule has 20 heavy (non-hydrogen) atoms. The molecule has 3 rings (SSSR count). The molecule has 3 nitrogen and oxygen atoms in total. The third kappa shape index (κ3) is 2.90. The summed E-state index contributed by atoms with van der Waals surface area (Å²) in [6.45, 7) is 0. The van der Waals surface area contributed by atoms with Crippen LogP contribution in [-0.4, -0.2) is 10.9 Å². The van der Waals surface area contributed by atoms with Crippen LogP contribution in [0.4, 0.5) is 5.13 Å². The van der Waals surface area contributed by atoms with Gasteiger partial charge in [-0.05, 0) is 23.6 Å². The van der Waals surface area contributed by atoms with Crippen molar-refractivity contribution < 1.29 is 4.79 Å². The number of hydrogen-bond acceptors (Lipinski definition) is 4. The number of thiophene rings is 1. The zero-order valence-electron chi connectivity index (χ0n) is 10.2. The van der Waals surface area contributed by atoms with Crippen LogP contribution in [0.3, 0.4) is 0 Å². The topological polar surface area (TPSA) is 42.0 Å². The van der Waals surface area contributed by atoms with E-state index in [4.69, 9.17) is 11.6 Å². The van der Waals surface area contributed by atoms with Gasteiger partial charge in [0, 0.05) is 21.3 Å². The Morgan fingerprint density at radius 2 is 1.95 bits per heavy atom. The van der Waals surface area contributed by atoms with E-state index in [2.05, 4.69) is 10.3 Å². The summed E-state index contributed by atoms with van der Waals surface area (Å²) in [4.78, 5) is 16.3. The molecule has 0 aliphatic rings. The molecule has 0 fully saturated rings. The lowest BCUT2D eigenvalue weighted by Crippen LogP contribution is -2.10. The predicted octanol–water partition coefficient (Wildman–Crippen LogP) is 4.78. The van der Waals surface area contributed by atoms with E-state index in [0.29, 0.717) is 15.7 Å². The van der Waals surface area contributed by atoms with Gasteiger partial charge >= 0.3 is 0 Å². The SMILES string of the molecule is O=C(Nc1nc(-c2ccc(Cl)cc2)cs1)c1ccsc1. The zero-order chi connectivity index (χ0) is 13.9. The average Bonchev–Trinajstić information content (AvgIpc) is 3.10. The number of carbonyl (C=O) groups is 1. The van der Waals surface area contributed by atoms with Crippen LogP contribution >= 0.6 is 34.3 Å². The molecule has 0 saturated carbocycles. The number of aromatic nitrogens is 1. The molecule has 6 heteroatoms. The number of nitrogens with one attached hydrogen (secondary N) is 1. The Balaban J connectivity index is 1.77. The number of amides is 1. The smallest absolute Gasteiger partial charge is 0.258 e. The number of rotatable bonds is 3. The summed E-state index contributed by atoms with van der Waals surface area (Å²) < 4.78 is 0. The Morgan fingerprint density at radius 1 is 1.15 bits per heavy atom. The molecular weight excluding hydrogens is 312 g/mol. The molecule has 2 heterocycles. The maximum atomic E-state index is 11.9. The standard InChI is InChI=1S/C14H9ClN2OS2/c15-11-3-1-9(2-4-11)12-8-20-14(16-12)17-13(18)10-5-6-19-7-10/h1-8H,(H,16,17,18). The molecule has 1 N–H and O–H groups in total. The first-order valence-electron chi connectivity index (χ1n) is 5.77. The van der Waals surface area contributed by atoms with Gasteiger partial charge in [-0.15, -0.1) is 11.3 Å². The van der Waals surface area contributed by atoms with Gasteiger partial charge in [0.1, 0.15) is 0 Å². The Kier molecular flexibility index (Phi) is 3.82. The summed E-state index contributed by atoms with van der Waals surface area (Å²) in [5.74, 6) is -0.136. The molecule has 0 radical (unpaired) electrons. The molecule has 3 aromatic rings. The highest BCUT2D eigenvalue weighted by atomic mass is 35.5. The molecule has 0 unspecified atom stereocenters. The van der Waals surface area contributed by atoms with E-state index < -0.39 is 0 Å². The number of carbonyl (C=O) groups excluding carboxylic acids is 1. The minimum atomic E-state index is -0.136. The maximum Gasteiger partial charge on any atom is 0.258 e. The molecule has 2 aromatic heterocycles. The van der Waals surface area contributed by atoms with E-state index in [9.17, 15) is 4.79 Å². The van der Waals surface area contributed by atoms with Crippen LogP contribution in [0.25, 0.3) is 11.3 Å². The molecule has 100 valence electrons. The molecule has 0 aliphatic heterocycles. The van der Waals surface area contributed by atoms with Crippen molar-refractivity contribution in [3.63, 3.8) is 0 Å². The van der Waals surface area contributed by atoms with Crippen LogP contribution in [0, 0.1) is 0 Å². The largest absolute Gasteiger partial charge is 0.298 e. The van der Waals surface area contributed by atoms with E-state index in [0.717, 1.165) is 11.3 Å². The monoisotopic (exact) mass is 320 g/mol. The van der Waals surface area contributed by atoms with Crippen LogP contribution in [-0.2, 0) is 0 Å². The first-order valence-corrected chi connectivity index (χ1v) is 7.97. The second-order valence-corrected chi connectivity index (χ2v) is 6.09. The van der Waals surface area contributed by atoms with Crippen molar-refractivity contribution in [1.82, 2.24) is 4.98 Å². The average molecular weight is 321 g/mol. The number of benzene rings is 1. The predicted molar refractivity (Wildman–Crippen MR) is 84.8 cm³/mol. The van der Waals surface area contributed by atoms with E-state index in [1.54, 1.807) is 6.07 Å². The van der Waals surface area contributed by atoms with Gasteiger partial charge in [-0.1, -0.05) is 23.7 Å². The van der Waals surface area contributed by atoms with Gasteiger partial charge in [0.05, 0.1) is 11.3 Å². The van der Waals surface area contributed by atoms with E-state index in [1.165, 1.54) is 22.7 Å². The van der Waals surface area contributed by atoms with Gasteiger partial charge in [-0.2, -0.15) is 11.3 Å². The summed E-state index contributed by atoms with van der Waals surface area (Å²) in [6.07, 6.45) is 0.